The molecule has 1 aromatic carbocycles. The van der Waals surface area contributed by atoms with Gasteiger partial charge >= 0.3 is 5.97 Å². The normalized spacial score (nSPS) is 10.7. The van der Waals surface area contributed by atoms with E-state index in [1.807, 2.05) is 13.1 Å². The maximum atomic E-state index is 11.1. The average molecular weight is 247 g/mol. The fraction of sp³-hybridized carbons (Fsp3) is 0.400. The molecule has 0 atom stereocenters. The Kier molecular flexibility index (Phi) is 5.43. The first-order chi connectivity index (χ1) is 8.52. The molecule has 0 unspecified atom stereocenters. The predicted octanol–water partition coefficient (Wildman–Crippen LogP) is 2.86. The summed E-state index contributed by atoms with van der Waals surface area (Å²) in [7, 11) is 2.00. The van der Waals surface area contributed by atoms with Gasteiger partial charge in [-0.2, -0.15) is 0 Å². The quantitative estimate of drug-likeness (QED) is 0.592. The highest BCUT2D eigenvalue weighted by atomic mass is 16.5. The largest absolute Gasteiger partial charge is 0.463 e. The summed E-state index contributed by atoms with van der Waals surface area (Å²) in [6.07, 6.45) is 3.29. The van der Waals surface area contributed by atoms with Crippen molar-refractivity contribution in [2.24, 2.45) is 0 Å². The lowest BCUT2D eigenvalue weighted by molar-refractivity contribution is -0.137. The number of likely N-dealkylation sites (N-methyl/N-ethyl adjacent to an activating group) is 1. The van der Waals surface area contributed by atoms with Gasteiger partial charge in [0.15, 0.2) is 0 Å². The van der Waals surface area contributed by atoms with Gasteiger partial charge in [-0.3, -0.25) is 0 Å². The van der Waals surface area contributed by atoms with Crippen LogP contribution in [-0.4, -0.2) is 26.2 Å². The lowest BCUT2D eigenvalue weighted by Crippen LogP contribution is -2.17. The molecule has 0 fully saturated rings. The molecule has 0 saturated heterocycles. The van der Waals surface area contributed by atoms with E-state index in [4.69, 9.17) is 4.74 Å². The van der Waals surface area contributed by atoms with Gasteiger partial charge in [0.25, 0.3) is 0 Å². The van der Waals surface area contributed by atoms with Gasteiger partial charge in [-0.1, -0.05) is 12.1 Å². The monoisotopic (exact) mass is 247 g/mol. The van der Waals surface area contributed by atoms with E-state index in [1.165, 1.54) is 17.2 Å². The van der Waals surface area contributed by atoms with Crippen molar-refractivity contribution in [2.45, 2.75) is 20.8 Å². The van der Waals surface area contributed by atoms with Crippen LogP contribution in [0.3, 0.4) is 0 Å². The fourth-order valence-electron chi connectivity index (χ4n) is 1.77. The van der Waals surface area contributed by atoms with Crippen LogP contribution in [0, 0.1) is 13.8 Å². The van der Waals surface area contributed by atoms with Gasteiger partial charge in [0.05, 0.1) is 6.61 Å². The van der Waals surface area contributed by atoms with Gasteiger partial charge in [0, 0.05) is 25.4 Å². The molecule has 1 aromatic rings. The molecule has 0 aliphatic carbocycles. The van der Waals surface area contributed by atoms with Crippen molar-refractivity contribution in [1.82, 2.24) is 0 Å². The van der Waals surface area contributed by atoms with Crippen molar-refractivity contribution in [3.63, 3.8) is 0 Å². The molecule has 0 spiro atoms. The number of hydrogen-bond donors (Lipinski definition) is 0. The minimum atomic E-state index is -0.286. The molecule has 0 heterocycles. The molecule has 0 bridgehead atoms. The molecule has 0 aliphatic rings. The molecule has 3 nitrogen and oxygen atoms in total. The summed E-state index contributed by atoms with van der Waals surface area (Å²) in [6.45, 7) is 7.06. The first-order valence-corrected chi connectivity index (χ1v) is 6.15. The van der Waals surface area contributed by atoms with Crippen LogP contribution in [-0.2, 0) is 9.53 Å². The third-order valence-corrected chi connectivity index (χ3v) is 2.57. The number of ether oxygens (including phenoxy) is 1. The van der Waals surface area contributed by atoms with Crippen molar-refractivity contribution in [1.29, 1.82) is 0 Å². The highest BCUT2D eigenvalue weighted by Gasteiger charge is 2.01. The van der Waals surface area contributed by atoms with Gasteiger partial charge in [-0.15, -0.1) is 0 Å². The number of rotatable bonds is 5. The number of benzene rings is 1. The fourth-order valence-corrected chi connectivity index (χ4v) is 1.77. The minimum Gasteiger partial charge on any atom is -0.463 e. The zero-order valence-electron chi connectivity index (χ0n) is 11.6. The SMILES string of the molecule is CCOC(=O)/C=C/CN(C)c1cc(C)cc(C)c1. The standard InChI is InChI=1S/C15H21NO2/c1-5-18-15(17)7-6-8-16(4)14-10-12(2)9-13(3)11-14/h6-7,9-11H,5,8H2,1-4H3/b7-6+. The highest BCUT2D eigenvalue weighted by molar-refractivity contribution is 5.81. The van der Waals surface area contributed by atoms with Crippen molar-refractivity contribution in [3.8, 4) is 0 Å². The smallest absolute Gasteiger partial charge is 0.330 e. The number of carbonyl (C=O) groups excluding carboxylic acids is 1. The van der Waals surface area contributed by atoms with E-state index in [0.717, 1.165) is 5.69 Å². The molecule has 1 rings (SSSR count). The molecule has 0 saturated carbocycles. The molecule has 0 radical (unpaired) electrons. The number of hydrogen-bond acceptors (Lipinski definition) is 3. The Morgan fingerprint density at radius 1 is 1.28 bits per heavy atom. The number of anilines is 1. The van der Waals surface area contributed by atoms with E-state index in [2.05, 4.69) is 36.9 Å². The molecule has 0 N–H and O–H groups in total. The molecular weight excluding hydrogens is 226 g/mol. The molecule has 0 aromatic heterocycles. The Balaban J connectivity index is 2.60. The molecule has 3 heteroatoms. The maximum absolute atomic E-state index is 11.1. The first-order valence-electron chi connectivity index (χ1n) is 6.15. The minimum absolute atomic E-state index is 0.286. The second-order valence-electron chi connectivity index (χ2n) is 4.38. The summed E-state index contributed by atoms with van der Waals surface area (Å²) in [5, 5.41) is 0. The Labute approximate surface area is 109 Å². The van der Waals surface area contributed by atoms with E-state index < -0.39 is 0 Å². The van der Waals surface area contributed by atoms with Crippen LogP contribution in [0.2, 0.25) is 0 Å². The Morgan fingerprint density at radius 2 is 1.89 bits per heavy atom. The van der Waals surface area contributed by atoms with Crippen LogP contribution in [0.25, 0.3) is 0 Å². The van der Waals surface area contributed by atoms with E-state index in [0.29, 0.717) is 13.2 Å². The van der Waals surface area contributed by atoms with Crippen molar-refractivity contribution in [3.05, 3.63) is 41.5 Å². The predicted molar refractivity (Wildman–Crippen MR) is 75.0 cm³/mol. The number of esters is 1. The summed E-state index contributed by atoms with van der Waals surface area (Å²) in [4.78, 5) is 13.2. The van der Waals surface area contributed by atoms with E-state index in [-0.39, 0.29) is 5.97 Å². The molecule has 0 aliphatic heterocycles. The first kappa shape index (κ1) is 14.3. The van der Waals surface area contributed by atoms with Crippen molar-refractivity contribution >= 4 is 11.7 Å². The van der Waals surface area contributed by atoms with Gasteiger partial charge in [0.1, 0.15) is 0 Å². The van der Waals surface area contributed by atoms with Crippen molar-refractivity contribution < 1.29 is 9.53 Å². The van der Waals surface area contributed by atoms with Gasteiger partial charge in [-0.25, -0.2) is 4.79 Å². The molecule has 0 amide bonds. The van der Waals surface area contributed by atoms with Crippen LogP contribution < -0.4 is 4.90 Å². The Morgan fingerprint density at radius 3 is 2.44 bits per heavy atom. The molecule has 98 valence electrons. The number of nitrogens with zero attached hydrogens (tertiary/aromatic N) is 1. The highest BCUT2D eigenvalue weighted by Crippen LogP contribution is 2.17. The summed E-state index contributed by atoms with van der Waals surface area (Å²) in [6, 6.07) is 6.40. The lowest BCUT2D eigenvalue weighted by Gasteiger charge is -2.18. The summed E-state index contributed by atoms with van der Waals surface area (Å²) < 4.78 is 4.82. The third-order valence-electron chi connectivity index (χ3n) is 2.57. The Bertz CT molecular complexity index is 418. The average Bonchev–Trinajstić information content (AvgIpc) is 2.27. The number of carbonyl (C=O) groups is 1. The van der Waals surface area contributed by atoms with E-state index in [1.54, 1.807) is 6.92 Å². The lowest BCUT2D eigenvalue weighted by atomic mass is 10.1. The second-order valence-corrected chi connectivity index (χ2v) is 4.38. The maximum Gasteiger partial charge on any atom is 0.330 e. The topological polar surface area (TPSA) is 29.5 Å². The van der Waals surface area contributed by atoms with E-state index >= 15 is 0 Å². The summed E-state index contributed by atoms with van der Waals surface area (Å²) in [5.74, 6) is -0.286. The van der Waals surface area contributed by atoms with Gasteiger partial charge in [-0.05, 0) is 44.0 Å². The zero-order chi connectivity index (χ0) is 13.5. The van der Waals surface area contributed by atoms with Gasteiger partial charge < -0.3 is 9.64 Å². The molecule has 18 heavy (non-hydrogen) atoms. The van der Waals surface area contributed by atoms with Crippen molar-refractivity contribution in [2.75, 3.05) is 25.1 Å². The summed E-state index contributed by atoms with van der Waals surface area (Å²) in [5.41, 5.74) is 3.64. The van der Waals surface area contributed by atoms with E-state index in [9.17, 15) is 4.79 Å². The van der Waals surface area contributed by atoms with Gasteiger partial charge in [0.2, 0.25) is 0 Å². The number of aryl methyl sites for hydroxylation is 2. The van der Waals surface area contributed by atoms with Crippen LogP contribution in [0.15, 0.2) is 30.4 Å². The van der Waals surface area contributed by atoms with Crippen LogP contribution in [0.5, 0.6) is 0 Å². The van der Waals surface area contributed by atoms with Crippen LogP contribution >= 0.6 is 0 Å². The Hall–Kier alpha value is -1.77. The van der Waals surface area contributed by atoms with Crippen LogP contribution in [0.4, 0.5) is 5.69 Å². The molecular formula is C15H21NO2. The second kappa shape index (κ2) is 6.84. The van der Waals surface area contributed by atoms with Crippen LogP contribution in [0.1, 0.15) is 18.1 Å². The zero-order valence-corrected chi connectivity index (χ0v) is 11.6. The third kappa shape index (κ3) is 4.62. The summed E-state index contributed by atoms with van der Waals surface area (Å²) >= 11 is 0.